The van der Waals surface area contributed by atoms with Crippen molar-refractivity contribution in [2.24, 2.45) is 17.3 Å². The Labute approximate surface area is 155 Å². The molecular weight excluding hydrogens is 304 g/mol. The van der Waals surface area contributed by atoms with Gasteiger partial charge in [0.2, 0.25) is 0 Å². The molecule has 140 valence electrons. The zero-order chi connectivity index (χ0) is 18.4. The summed E-state index contributed by atoms with van der Waals surface area (Å²) < 4.78 is 6.48. The van der Waals surface area contributed by atoms with E-state index >= 15 is 0 Å². The number of hydrogen-bond acceptors (Lipinski definition) is 1. The number of rotatable bonds is 8. The summed E-state index contributed by atoms with van der Waals surface area (Å²) in [5.74, 6) is 2.67. The summed E-state index contributed by atoms with van der Waals surface area (Å²) >= 11 is 0. The van der Waals surface area contributed by atoms with Crippen LogP contribution in [0.15, 0.2) is 30.8 Å². The van der Waals surface area contributed by atoms with Crippen LogP contribution < -0.4 is 4.74 Å². The maximum absolute atomic E-state index is 6.48. The van der Waals surface area contributed by atoms with Crippen LogP contribution in [-0.4, -0.2) is 6.10 Å². The van der Waals surface area contributed by atoms with Crippen LogP contribution in [0.25, 0.3) is 5.57 Å². The predicted octanol–water partition coefficient (Wildman–Crippen LogP) is 7.51. The van der Waals surface area contributed by atoms with Crippen molar-refractivity contribution >= 4 is 5.57 Å². The van der Waals surface area contributed by atoms with Gasteiger partial charge >= 0.3 is 0 Å². The molecule has 1 unspecified atom stereocenters. The third-order valence-electron chi connectivity index (χ3n) is 6.22. The monoisotopic (exact) mass is 342 g/mol. The van der Waals surface area contributed by atoms with Crippen LogP contribution in [-0.2, 0) is 0 Å². The average molecular weight is 343 g/mol. The number of benzene rings is 1. The largest absolute Gasteiger partial charge is 0.490 e. The van der Waals surface area contributed by atoms with E-state index in [0.717, 1.165) is 41.6 Å². The van der Waals surface area contributed by atoms with Gasteiger partial charge in [0, 0.05) is 5.56 Å². The number of para-hydroxylation sites is 1. The number of allylic oxidation sites excluding steroid dienone is 1. The van der Waals surface area contributed by atoms with Crippen molar-refractivity contribution in [1.29, 1.82) is 0 Å². The molecule has 0 spiro atoms. The van der Waals surface area contributed by atoms with Crippen LogP contribution in [0.3, 0.4) is 0 Å². The van der Waals surface area contributed by atoms with Gasteiger partial charge < -0.3 is 4.74 Å². The molecule has 0 bridgehead atoms. The lowest BCUT2D eigenvalue weighted by atomic mass is 9.62. The Hall–Kier alpha value is -1.24. The van der Waals surface area contributed by atoms with Crippen LogP contribution in [0.4, 0.5) is 0 Å². The first-order valence-corrected chi connectivity index (χ1v) is 10.3. The van der Waals surface area contributed by atoms with Crippen molar-refractivity contribution in [2.75, 3.05) is 0 Å². The minimum atomic E-state index is 0.315. The summed E-state index contributed by atoms with van der Waals surface area (Å²) in [5, 5.41) is 0. The fraction of sp³-hybridized carbons (Fsp3) is 0.667. The molecule has 1 fully saturated rings. The molecule has 0 aromatic heterocycles. The van der Waals surface area contributed by atoms with Gasteiger partial charge in [-0.3, -0.25) is 0 Å². The third kappa shape index (κ3) is 5.36. The molecule has 1 saturated carbocycles. The second-order valence-electron chi connectivity index (χ2n) is 8.85. The van der Waals surface area contributed by atoms with E-state index in [-0.39, 0.29) is 0 Å². The van der Waals surface area contributed by atoms with Crippen molar-refractivity contribution in [3.63, 3.8) is 0 Å². The topological polar surface area (TPSA) is 9.23 Å². The summed E-state index contributed by atoms with van der Waals surface area (Å²) in [5.41, 5.74) is 2.70. The van der Waals surface area contributed by atoms with Gasteiger partial charge in [0.05, 0.1) is 6.10 Å². The normalized spacial score (nSPS) is 23.9. The summed E-state index contributed by atoms with van der Waals surface area (Å²) in [4.78, 5) is 0. The van der Waals surface area contributed by atoms with Gasteiger partial charge in [0.15, 0.2) is 0 Å². The highest BCUT2D eigenvalue weighted by molar-refractivity contribution is 5.66. The second-order valence-corrected chi connectivity index (χ2v) is 8.85. The Bertz CT molecular complexity index is 557. The van der Waals surface area contributed by atoms with Crippen molar-refractivity contribution in [3.05, 3.63) is 36.4 Å². The van der Waals surface area contributed by atoms with Crippen molar-refractivity contribution < 1.29 is 4.74 Å². The van der Waals surface area contributed by atoms with Gasteiger partial charge in [0.1, 0.15) is 5.75 Å². The lowest BCUT2D eigenvalue weighted by Crippen LogP contribution is -2.34. The SMILES string of the molecule is C=C(C)c1ccccc1OC(CCC)CC[C@@H]1[C@@H](C)CCCC1(C)C. The Kier molecular flexibility index (Phi) is 7.16. The van der Waals surface area contributed by atoms with Crippen molar-refractivity contribution in [3.8, 4) is 5.75 Å². The molecule has 1 aliphatic carbocycles. The summed E-state index contributed by atoms with van der Waals surface area (Å²) in [7, 11) is 0. The van der Waals surface area contributed by atoms with Gasteiger partial charge in [-0.2, -0.15) is 0 Å². The molecule has 1 nitrogen and oxygen atoms in total. The minimum Gasteiger partial charge on any atom is -0.490 e. The van der Waals surface area contributed by atoms with Crippen LogP contribution >= 0.6 is 0 Å². The van der Waals surface area contributed by atoms with Crippen LogP contribution in [0.1, 0.15) is 85.1 Å². The standard InChI is InChI=1S/C24H38O/c1-7-11-20(25-23-14-9-8-13-21(23)18(2)3)15-16-22-19(4)12-10-17-24(22,5)6/h8-9,13-14,19-20,22H,2,7,10-12,15-17H2,1,3-6H3/t19-,20?,22+/m0/s1. The Morgan fingerprint density at radius 3 is 2.64 bits per heavy atom. The fourth-order valence-corrected chi connectivity index (χ4v) is 4.76. The molecule has 1 aliphatic rings. The molecule has 1 heteroatoms. The highest BCUT2D eigenvalue weighted by atomic mass is 16.5. The first-order chi connectivity index (χ1) is 11.8. The number of ether oxygens (including phenoxy) is 1. The molecule has 0 radical (unpaired) electrons. The Morgan fingerprint density at radius 2 is 2.00 bits per heavy atom. The molecule has 0 N–H and O–H groups in total. The predicted molar refractivity (Wildman–Crippen MR) is 110 cm³/mol. The Morgan fingerprint density at radius 1 is 1.28 bits per heavy atom. The van der Waals surface area contributed by atoms with Gasteiger partial charge in [-0.25, -0.2) is 0 Å². The van der Waals surface area contributed by atoms with Gasteiger partial charge in [-0.05, 0) is 61.5 Å². The van der Waals surface area contributed by atoms with Crippen molar-refractivity contribution in [1.82, 2.24) is 0 Å². The molecule has 0 aliphatic heterocycles. The highest BCUT2D eigenvalue weighted by Crippen LogP contribution is 2.46. The summed E-state index contributed by atoms with van der Waals surface area (Å²) in [6, 6.07) is 8.35. The molecule has 25 heavy (non-hydrogen) atoms. The molecule has 1 aromatic rings. The third-order valence-corrected chi connectivity index (χ3v) is 6.22. The lowest BCUT2D eigenvalue weighted by Gasteiger charge is -2.43. The molecule has 0 saturated heterocycles. The van der Waals surface area contributed by atoms with E-state index in [1.54, 1.807) is 0 Å². The quantitative estimate of drug-likeness (QED) is 0.475. The van der Waals surface area contributed by atoms with Crippen LogP contribution in [0, 0.1) is 17.3 Å². The van der Waals surface area contributed by atoms with E-state index in [9.17, 15) is 0 Å². The Balaban J connectivity index is 2.05. The zero-order valence-corrected chi connectivity index (χ0v) is 17.1. The van der Waals surface area contributed by atoms with E-state index < -0.39 is 0 Å². The first kappa shape index (κ1) is 20.1. The van der Waals surface area contributed by atoms with Gasteiger partial charge in [-0.1, -0.05) is 71.7 Å². The van der Waals surface area contributed by atoms with Gasteiger partial charge in [-0.15, -0.1) is 0 Å². The number of hydrogen-bond donors (Lipinski definition) is 0. The molecular formula is C24H38O. The fourth-order valence-electron chi connectivity index (χ4n) is 4.76. The van der Waals surface area contributed by atoms with E-state index in [2.05, 4.69) is 65.5 Å². The van der Waals surface area contributed by atoms with E-state index in [4.69, 9.17) is 4.74 Å². The molecule has 0 heterocycles. The lowest BCUT2D eigenvalue weighted by molar-refractivity contribution is 0.0603. The van der Waals surface area contributed by atoms with E-state index in [0.29, 0.717) is 11.5 Å². The zero-order valence-electron chi connectivity index (χ0n) is 17.1. The second kappa shape index (κ2) is 8.92. The summed E-state index contributed by atoms with van der Waals surface area (Å²) in [6.45, 7) is 15.8. The molecule has 1 aromatic carbocycles. The maximum Gasteiger partial charge on any atom is 0.127 e. The van der Waals surface area contributed by atoms with Crippen LogP contribution in [0.5, 0.6) is 5.75 Å². The average Bonchev–Trinajstić information content (AvgIpc) is 2.54. The molecule has 2 rings (SSSR count). The van der Waals surface area contributed by atoms with Crippen molar-refractivity contribution in [2.45, 2.75) is 85.7 Å². The minimum absolute atomic E-state index is 0.315. The van der Waals surface area contributed by atoms with E-state index in [1.165, 1.54) is 32.1 Å². The van der Waals surface area contributed by atoms with Gasteiger partial charge in [0.25, 0.3) is 0 Å². The summed E-state index contributed by atoms with van der Waals surface area (Å²) in [6.07, 6.45) is 9.23. The molecule has 0 amide bonds. The smallest absolute Gasteiger partial charge is 0.127 e. The van der Waals surface area contributed by atoms with E-state index in [1.807, 2.05) is 0 Å². The van der Waals surface area contributed by atoms with Crippen LogP contribution in [0.2, 0.25) is 0 Å². The molecule has 3 atom stereocenters. The highest BCUT2D eigenvalue weighted by Gasteiger charge is 2.36. The first-order valence-electron chi connectivity index (χ1n) is 10.3. The maximum atomic E-state index is 6.48.